The average Bonchev–Trinajstić information content (AvgIpc) is 2.39. The summed E-state index contributed by atoms with van der Waals surface area (Å²) in [5.74, 6) is -5.09. The van der Waals surface area contributed by atoms with Crippen LogP contribution < -0.4 is 11.1 Å². The molecule has 114 valence electrons. The molecule has 4 N–H and O–H groups in total. The van der Waals surface area contributed by atoms with Crippen LogP contribution in [-0.2, 0) is 20.8 Å². The summed E-state index contributed by atoms with van der Waals surface area (Å²) in [6, 6.07) is 2.05. The van der Waals surface area contributed by atoms with Gasteiger partial charge in [-0.05, 0) is 12.5 Å². The maximum absolute atomic E-state index is 13.4. The van der Waals surface area contributed by atoms with Gasteiger partial charge in [0.25, 0.3) is 0 Å². The van der Waals surface area contributed by atoms with E-state index in [0.717, 1.165) is 6.07 Å². The molecule has 0 fully saturated rings. The van der Waals surface area contributed by atoms with Crippen LogP contribution in [0.15, 0.2) is 18.2 Å². The molecule has 1 rings (SSSR count). The van der Waals surface area contributed by atoms with E-state index in [1.165, 1.54) is 12.1 Å². The Labute approximate surface area is 118 Å². The van der Waals surface area contributed by atoms with E-state index in [9.17, 15) is 23.2 Å². The number of rotatable bonds is 7. The molecule has 0 radical (unpaired) electrons. The van der Waals surface area contributed by atoms with Crippen LogP contribution in [0.25, 0.3) is 0 Å². The predicted octanol–water partition coefficient (Wildman–Crippen LogP) is 0.342. The number of hydrogen-bond donors (Lipinski definition) is 3. The van der Waals surface area contributed by atoms with E-state index in [1.807, 2.05) is 0 Å². The van der Waals surface area contributed by atoms with Crippen molar-refractivity contribution >= 4 is 17.8 Å². The fourth-order valence-electron chi connectivity index (χ4n) is 1.65. The number of nitrogens with one attached hydrogen (secondary N) is 1. The fraction of sp³-hybridized carbons (Fsp3) is 0.308. The lowest BCUT2D eigenvalue weighted by atomic mass is 10.1. The van der Waals surface area contributed by atoms with E-state index < -0.39 is 41.9 Å². The van der Waals surface area contributed by atoms with Crippen LogP contribution in [0.1, 0.15) is 18.4 Å². The van der Waals surface area contributed by atoms with Gasteiger partial charge in [0.1, 0.15) is 6.04 Å². The van der Waals surface area contributed by atoms with Gasteiger partial charge in [-0.15, -0.1) is 0 Å². The average molecular weight is 300 g/mol. The number of carbonyl (C=O) groups excluding carboxylic acids is 2. The van der Waals surface area contributed by atoms with Gasteiger partial charge >= 0.3 is 5.97 Å². The molecular weight excluding hydrogens is 286 g/mol. The number of carboxylic acids is 1. The van der Waals surface area contributed by atoms with Gasteiger partial charge in [-0.3, -0.25) is 9.59 Å². The zero-order valence-electron chi connectivity index (χ0n) is 10.9. The highest BCUT2D eigenvalue weighted by atomic mass is 19.2. The van der Waals surface area contributed by atoms with E-state index in [2.05, 4.69) is 5.32 Å². The van der Waals surface area contributed by atoms with Gasteiger partial charge in [-0.25, -0.2) is 13.6 Å². The normalized spacial score (nSPS) is 11.7. The summed E-state index contributed by atoms with van der Waals surface area (Å²) in [5, 5.41) is 11.0. The maximum Gasteiger partial charge on any atom is 0.326 e. The molecule has 0 saturated carbocycles. The Bertz CT molecular complexity index is 563. The van der Waals surface area contributed by atoms with Crippen molar-refractivity contribution in [2.24, 2.45) is 5.73 Å². The van der Waals surface area contributed by atoms with Crippen LogP contribution in [-0.4, -0.2) is 28.9 Å². The minimum Gasteiger partial charge on any atom is -0.480 e. The predicted molar refractivity (Wildman–Crippen MR) is 68.1 cm³/mol. The maximum atomic E-state index is 13.4. The molecule has 0 aliphatic heterocycles. The number of aliphatic carboxylic acids is 1. The second-order valence-corrected chi connectivity index (χ2v) is 4.35. The van der Waals surface area contributed by atoms with E-state index in [-0.39, 0.29) is 18.4 Å². The zero-order valence-corrected chi connectivity index (χ0v) is 10.9. The largest absolute Gasteiger partial charge is 0.480 e. The fourth-order valence-corrected chi connectivity index (χ4v) is 1.65. The van der Waals surface area contributed by atoms with Crippen molar-refractivity contribution in [3.63, 3.8) is 0 Å². The highest BCUT2D eigenvalue weighted by Gasteiger charge is 2.21. The quantitative estimate of drug-likeness (QED) is 0.674. The third-order valence-corrected chi connectivity index (χ3v) is 2.70. The topological polar surface area (TPSA) is 109 Å². The van der Waals surface area contributed by atoms with Gasteiger partial charge in [-0.1, -0.05) is 12.1 Å². The second kappa shape index (κ2) is 7.32. The van der Waals surface area contributed by atoms with Crippen molar-refractivity contribution in [2.75, 3.05) is 0 Å². The molecule has 0 aromatic heterocycles. The summed E-state index contributed by atoms with van der Waals surface area (Å²) in [7, 11) is 0. The lowest BCUT2D eigenvalue weighted by molar-refractivity contribution is -0.142. The second-order valence-electron chi connectivity index (χ2n) is 4.35. The first-order chi connectivity index (χ1) is 9.81. The molecule has 0 aliphatic rings. The van der Waals surface area contributed by atoms with E-state index in [4.69, 9.17) is 10.8 Å². The van der Waals surface area contributed by atoms with Crippen molar-refractivity contribution in [3.05, 3.63) is 35.4 Å². The molecule has 6 nitrogen and oxygen atoms in total. The Morgan fingerprint density at radius 1 is 1.29 bits per heavy atom. The molecule has 0 unspecified atom stereocenters. The summed E-state index contributed by atoms with van der Waals surface area (Å²) < 4.78 is 26.4. The highest BCUT2D eigenvalue weighted by molar-refractivity contribution is 5.85. The Balaban J connectivity index is 2.67. The molecule has 0 heterocycles. The van der Waals surface area contributed by atoms with Gasteiger partial charge in [0.2, 0.25) is 11.8 Å². The third-order valence-electron chi connectivity index (χ3n) is 2.70. The number of primary amides is 1. The molecule has 1 aromatic carbocycles. The van der Waals surface area contributed by atoms with Gasteiger partial charge in [-0.2, -0.15) is 0 Å². The monoisotopic (exact) mass is 300 g/mol. The Hall–Kier alpha value is -2.51. The summed E-state index contributed by atoms with van der Waals surface area (Å²) in [4.78, 5) is 33.2. The van der Waals surface area contributed by atoms with Crippen LogP contribution in [0.2, 0.25) is 0 Å². The Kier molecular flexibility index (Phi) is 5.77. The summed E-state index contributed by atoms with van der Waals surface area (Å²) >= 11 is 0. The Morgan fingerprint density at radius 2 is 1.95 bits per heavy atom. The number of benzene rings is 1. The minimum absolute atomic E-state index is 0.179. The number of halogens is 2. The van der Waals surface area contributed by atoms with Crippen molar-refractivity contribution in [1.29, 1.82) is 0 Å². The molecule has 8 heteroatoms. The van der Waals surface area contributed by atoms with Gasteiger partial charge < -0.3 is 16.2 Å². The highest BCUT2D eigenvalue weighted by Crippen LogP contribution is 2.12. The summed E-state index contributed by atoms with van der Waals surface area (Å²) in [6.07, 6.45) is -0.905. The first-order valence-corrected chi connectivity index (χ1v) is 6.04. The number of carbonyl (C=O) groups is 3. The lowest BCUT2D eigenvalue weighted by Gasteiger charge is -2.14. The van der Waals surface area contributed by atoms with Crippen LogP contribution >= 0.6 is 0 Å². The van der Waals surface area contributed by atoms with Crippen molar-refractivity contribution in [3.8, 4) is 0 Å². The van der Waals surface area contributed by atoms with Gasteiger partial charge in [0.15, 0.2) is 11.6 Å². The first-order valence-electron chi connectivity index (χ1n) is 6.04. The number of carboxylic acid groups (broad SMARTS) is 1. The third kappa shape index (κ3) is 5.17. The molecule has 1 aromatic rings. The SMILES string of the molecule is NC(=O)CC[C@H](NC(=O)Cc1cccc(F)c1F)C(=O)O. The molecule has 0 bridgehead atoms. The summed E-state index contributed by atoms with van der Waals surface area (Å²) in [5.41, 5.74) is 4.71. The minimum atomic E-state index is -1.34. The molecule has 0 aliphatic carbocycles. The number of nitrogens with two attached hydrogens (primary N) is 1. The van der Waals surface area contributed by atoms with Crippen molar-refractivity contribution < 1.29 is 28.3 Å². The smallest absolute Gasteiger partial charge is 0.326 e. The zero-order chi connectivity index (χ0) is 16.0. The van der Waals surface area contributed by atoms with Crippen molar-refractivity contribution in [2.45, 2.75) is 25.3 Å². The molecule has 1 atom stereocenters. The van der Waals surface area contributed by atoms with Gasteiger partial charge in [0.05, 0.1) is 6.42 Å². The molecule has 2 amide bonds. The standard InChI is InChI=1S/C13H14F2N2O4/c14-8-3-1-2-7(12(8)15)6-11(19)17-9(13(20)21)4-5-10(16)18/h1-3,9H,4-6H2,(H2,16,18)(H,17,19)(H,20,21)/t9-/m0/s1. The number of amides is 2. The van der Waals surface area contributed by atoms with Crippen LogP contribution in [0, 0.1) is 11.6 Å². The van der Waals surface area contributed by atoms with Crippen LogP contribution in [0.3, 0.4) is 0 Å². The molecule has 21 heavy (non-hydrogen) atoms. The summed E-state index contributed by atoms with van der Waals surface area (Å²) in [6.45, 7) is 0. The first kappa shape index (κ1) is 16.5. The molecular formula is C13H14F2N2O4. The number of hydrogen-bond acceptors (Lipinski definition) is 3. The van der Waals surface area contributed by atoms with E-state index >= 15 is 0 Å². The molecule has 0 saturated heterocycles. The van der Waals surface area contributed by atoms with E-state index in [1.54, 1.807) is 0 Å². The van der Waals surface area contributed by atoms with E-state index in [0.29, 0.717) is 0 Å². The van der Waals surface area contributed by atoms with Crippen molar-refractivity contribution in [1.82, 2.24) is 5.32 Å². The molecule has 0 spiro atoms. The van der Waals surface area contributed by atoms with Crippen LogP contribution in [0.4, 0.5) is 8.78 Å². The van der Waals surface area contributed by atoms with Crippen LogP contribution in [0.5, 0.6) is 0 Å². The Morgan fingerprint density at radius 3 is 2.52 bits per heavy atom. The lowest BCUT2D eigenvalue weighted by Crippen LogP contribution is -2.42. The van der Waals surface area contributed by atoms with Gasteiger partial charge in [0, 0.05) is 12.0 Å².